The molecule has 2 aliphatic carbocycles. The third-order valence-electron chi connectivity index (χ3n) is 6.56. The number of ether oxygens (including phenoxy) is 1. The average Bonchev–Trinajstić information content (AvgIpc) is 2.44. The first kappa shape index (κ1) is 17.5. The first-order valence-corrected chi connectivity index (χ1v) is 9.44. The Labute approximate surface area is 147 Å². The topological polar surface area (TPSA) is 26.3 Å². The molecule has 1 aromatic carbocycles. The highest BCUT2D eigenvalue weighted by Crippen LogP contribution is 2.57. The van der Waals surface area contributed by atoms with E-state index in [1.807, 2.05) is 0 Å². The second kappa shape index (κ2) is 5.89. The van der Waals surface area contributed by atoms with Crippen LogP contribution in [0.2, 0.25) is 0 Å². The molecule has 0 saturated heterocycles. The molecule has 3 atom stereocenters. The first-order valence-electron chi connectivity index (χ1n) is 9.44. The molecule has 0 aromatic heterocycles. The van der Waals surface area contributed by atoms with E-state index >= 15 is 0 Å². The highest BCUT2D eigenvalue weighted by Gasteiger charge is 2.53. The van der Waals surface area contributed by atoms with Crippen molar-refractivity contribution in [2.45, 2.75) is 84.7 Å². The van der Waals surface area contributed by atoms with Gasteiger partial charge in [0.05, 0.1) is 0 Å². The maximum atomic E-state index is 11.5. The van der Waals surface area contributed by atoms with Gasteiger partial charge in [0.25, 0.3) is 0 Å². The van der Waals surface area contributed by atoms with Crippen LogP contribution >= 0.6 is 0 Å². The molecule has 1 aromatic rings. The predicted molar refractivity (Wildman–Crippen MR) is 98.3 cm³/mol. The SMILES string of the molecule is CC(=O)OC1CC(C)(C)C2CCc3cc(C(C)C)ccc3C2(C)C1. The summed E-state index contributed by atoms with van der Waals surface area (Å²) in [5.41, 5.74) is 4.74. The fourth-order valence-corrected chi connectivity index (χ4v) is 5.64. The zero-order valence-corrected chi connectivity index (χ0v) is 16.1. The Kier molecular flexibility index (Phi) is 4.30. The van der Waals surface area contributed by atoms with Crippen LogP contribution in [-0.2, 0) is 21.4 Å². The van der Waals surface area contributed by atoms with Gasteiger partial charge in [0.2, 0.25) is 0 Å². The third-order valence-corrected chi connectivity index (χ3v) is 6.56. The largest absolute Gasteiger partial charge is 0.463 e. The fourth-order valence-electron chi connectivity index (χ4n) is 5.64. The van der Waals surface area contributed by atoms with Crippen LogP contribution in [0.3, 0.4) is 0 Å². The number of fused-ring (bicyclic) bond motifs is 3. The molecule has 2 heteroatoms. The molecule has 1 fully saturated rings. The summed E-state index contributed by atoms with van der Waals surface area (Å²) in [6, 6.07) is 7.09. The van der Waals surface area contributed by atoms with E-state index in [0.29, 0.717) is 11.8 Å². The first-order chi connectivity index (χ1) is 11.1. The summed E-state index contributed by atoms with van der Waals surface area (Å²) in [6.45, 7) is 13.2. The summed E-state index contributed by atoms with van der Waals surface area (Å²) in [4.78, 5) is 11.5. The van der Waals surface area contributed by atoms with Crippen molar-refractivity contribution in [1.29, 1.82) is 0 Å². The summed E-state index contributed by atoms with van der Waals surface area (Å²) < 4.78 is 5.68. The smallest absolute Gasteiger partial charge is 0.302 e. The number of aryl methyl sites for hydroxylation is 1. The summed E-state index contributed by atoms with van der Waals surface area (Å²) in [5, 5.41) is 0. The molecule has 0 spiro atoms. The number of carbonyl (C=O) groups excluding carboxylic acids is 1. The van der Waals surface area contributed by atoms with Crippen LogP contribution in [0.5, 0.6) is 0 Å². The lowest BCUT2D eigenvalue weighted by atomic mass is 9.49. The Hall–Kier alpha value is -1.31. The number of hydrogen-bond acceptors (Lipinski definition) is 2. The van der Waals surface area contributed by atoms with Crippen molar-refractivity contribution in [2.75, 3.05) is 0 Å². The molecule has 0 N–H and O–H groups in total. The fraction of sp³-hybridized carbons (Fsp3) is 0.682. The van der Waals surface area contributed by atoms with Crippen LogP contribution < -0.4 is 0 Å². The normalized spacial score (nSPS) is 31.3. The Balaban J connectivity index is 2.02. The van der Waals surface area contributed by atoms with E-state index in [9.17, 15) is 4.79 Å². The van der Waals surface area contributed by atoms with Gasteiger partial charge < -0.3 is 4.74 Å². The molecule has 2 aliphatic rings. The lowest BCUT2D eigenvalue weighted by Gasteiger charge is -2.56. The van der Waals surface area contributed by atoms with Crippen LogP contribution in [0.25, 0.3) is 0 Å². The minimum atomic E-state index is -0.149. The zero-order valence-electron chi connectivity index (χ0n) is 16.1. The van der Waals surface area contributed by atoms with Gasteiger partial charge in [-0.2, -0.15) is 0 Å². The monoisotopic (exact) mass is 328 g/mol. The minimum Gasteiger partial charge on any atom is -0.463 e. The van der Waals surface area contributed by atoms with Crippen molar-refractivity contribution in [2.24, 2.45) is 11.3 Å². The van der Waals surface area contributed by atoms with Crippen LogP contribution in [0.1, 0.15) is 83.4 Å². The molecule has 0 radical (unpaired) electrons. The molecule has 0 aliphatic heterocycles. The molecule has 132 valence electrons. The summed E-state index contributed by atoms with van der Waals surface area (Å²) in [7, 11) is 0. The Morgan fingerprint density at radius 3 is 2.54 bits per heavy atom. The van der Waals surface area contributed by atoms with Gasteiger partial charge in [-0.1, -0.05) is 52.8 Å². The summed E-state index contributed by atoms with van der Waals surface area (Å²) >= 11 is 0. The van der Waals surface area contributed by atoms with Crippen molar-refractivity contribution in [3.8, 4) is 0 Å². The van der Waals surface area contributed by atoms with Gasteiger partial charge in [-0.25, -0.2) is 0 Å². The number of benzene rings is 1. The van der Waals surface area contributed by atoms with Crippen molar-refractivity contribution in [1.82, 2.24) is 0 Å². The second-order valence-corrected chi connectivity index (χ2v) is 9.21. The van der Waals surface area contributed by atoms with Crippen LogP contribution in [0.15, 0.2) is 18.2 Å². The maximum Gasteiger partial charge on any atom is 0.302 e. The van der Waals surface area contributed by atoms with Gasteiger partial charge in [-0.3, -0.25) is 4.79 Å². The van der Waals surface area contributed by atoms with E-state index in [1.165, 1.54) is 36.5 Å². The predicted octanol–water partition coefficient (Wildman–Crippen LogP) is 5.38. The van der Waals surface area contributed by atoms with Gasteiger partial charge in [0.15, 0.2) is 0 Å². The molecule has 0 heterocycles. The van der Waals surface area contributed by atoms with E-state index in [1.54, 1.807) is 0 Å². The van der Waals surface area contributed by atoms with Gasteiger partial charge in [-0.15, -0.1) is 0 Å². The second-order valence-electron chi connectivity index (χ2n) is 9.21. The average molecular weight is 328 g/mol. The van der Waals surface area contributed by atoms with E-state index in [-0.39, 0.29) is 22.9 Å². The van der Waals surface area contributed by atoms with Crippen molar-refractivity contribution in [3.63, 3.8) is 0 Å². The lowest BCUT2D eigenvalue weighted by molar-refractivity contribution is -0.154. The third kappa shape index (κ3) is 2.89. The molecule has 0 amide bonds. The van der Waals surface area contributed by atoms with Crippen molar-refractivity contribution < 1.29 is 9.53 Å². The molecule has 0 bridgehead atoms. The number of hydrogen-bond donors (Lipinski definition) is 0. The molecular weight excluding hydrogens is 296 g/mol. The maximum absolute atomic E-state index is 11.5. The number of esters is 1. The molecule has 1 saturated carbocycles. The summed E-state index contributed by atoms with van der Waals surface area (Å²) in [6.07, 6.45) is 4.39. The Bertz CT molecular complexity index is 643. The minimum absolute atomic E-state index is 0.0366. The van der Waals surface area contributed by atoms with Gasteiger partial charge >= 0.3 is 5.97 Å². The van der Waals surface area contributed by atoms with Gasteiger partial charge in [0, 0.05) is 6.92 Å². The van der Waals surface area contributed by atoms with Gasteiger partial charge in [0.1, 0.15) is 6.10 Å². The standard InChI is InChI=1S/C22H32O2/c1-14(2)16-7-9-19-17(11-16)8-10-20-21(4,5)12-18(24-15(3)23)13-22(19,20)6/h7,9,11,14,18,20H,8,10,12-13H2,1-6H3. The van der Waals surface area contributed by atoms with E-state index in [0.717, 1.165) is 12.8 Å². The molecule has 2 nitrogen and oxygen atoms in total. The van der Waals surface area contributed by atoms with Gasteiger partial charge in [-0.05, 0) is 65.0 Å². The Morgan fingerprint density at radius 2 is 1.92 bits per heavy atom. The van der Waals surface area contributed by atoms with Crippen LogP contribution in [0.4, 0.5) is 0 Å². The number of rotatable bonds is 2. The highest BCUT2D eigenvalue weighted by atomic mass is 16.5. The molecule has 3 rings (SSSR count). The lowest BCUT2D eigenvalue weighted by Crippen LogP contribution is -2.52. The van der Waals surface area contributed by atoms with Crippen molar-refractivity contribution >= 4 is 5.97 Å². The van der Waals surface area contributed by atoms with E-state index in [2.05, 4.69) is 52.8 Å². The molecule has 24 heavy (non-hydrogen) atoms. The zero-order chi connectivity index (χ0) is 17.7. The molecule has 3 unspecified atom stereocenters. The molecular formula is C22H32O2. The Morgan fingerprint density at radius 1 is 1.21 bits per heavy atom. The van der Waals surface area contributed by atoms with E-state index < -0.39 is 0 Å². The number of carbonyl (C=O) groups is 1. The highest BCUT2D eigenvalue weighted by molar-refractivity contribution is 5.66. The van der Waals surface area contributed by atoms with Crippen molar-refractivity contribution in [3.05, 3.63) is 34.9 Å². The summed E-state index contributed by atoms with van der Waals surface area (Å²) in [5.74, 6) is 1.07. The van der Waals surface area contributed by atoms with Crippen LogP contribution in [0, 0.1) is 11.3 Å². The van der Waals surface area contributed by atoms with E-state index in [4.69, 9.17) is 4.74 Å². The quantitative estimate of drug-likeness (QED) is 0.681. The van der Waals surface area contributed by atoms with Crippen LogP contribution in [-0.4, -0.2) is 12.1 Å².